The highest BCUT2D eigenvalue weighted by molar-refractivity contribution is 9.10. The van der Waals surface area contributed by atoms with Crippen LogP contribution in [0.15, 0.2) is 15.1 Å². The molecule has 18 heavy (non-hydrogen) atoms. The summed E-state index contributed by atoms with van der Waals surface area (Å²) in [5.41, 5.74) is 5.79. The average Bonchev–Trinajstić information content (AvgIpc) is 2.85. The molecule has 0 radical (unpaired) electrons. The molecule has 2 N–H and O–H groups in total. The summed E-state index contributed by atoms with van der Waals surface area (Å²) in [6.07, 6.45) is -4.66. The van der Waals surface area contributed by atoms with E-state index in [1.165, 1.54) is 11.3 Å². The molecule has 0 saturated heterocycles. The maximum atomic E-state index is 12.3. The van der Waals surface area contributed by atoms with Gasteiger partial charge in [-0.05, 0) is 28.9 Å². The van der Waals surface area contributed by atoms with Crippen LogP contribution in [-0.2, 0) is 6.18 Å². The van der Waals surface area contributed by atoms with Crippen LogP contribution in [0.4, 0.5) is 13.2 Å². The highest BCUT2D eigenvalue weighted by Crippen LogP contribution is 2.33. The molecular weight excluding hydrogens is 335 g/mol. The standard InChI is InChI=1S/C9H7BrF3N3OS/c1-3-4(10)2-5(18-3)6(14)7-15-8(17-16-7)9(11,12)13/h2,6H,14H2,1H3. The highest BCUT2D eigenvalue weighted by Gasteiger charge is 2.39. The predicted molar refractivity (Wildman–Crippen MR) is 62.1 cm³/mol. The first-order chi connectivity index (χ1) is 8.29. The Morgan fingerprint density at radius 3 is 2.61 bits per heavy atom. The Morgan fingerprint density at radius 1 is 1.50 bits per heavy atom. The number of aromatic nitrogens is 2. The van der Waals surface area contributed by atoms with Crippen molar-refractivity contribution in [2.75, 3.05) is 0 Å². The molecule has 1 unspecified atom stereocenters. The zero-order chi connectivity index (χ0) is 13.5. The second kappa shape index (κ2) is 4.63. The van der Waals surface area contributed by atoms with Gasteiger partial charge in [-0.3, -0.25) is 0 Å². The van der Waals surface area contributed by atoms with E-state index in [0.29, 0.717) is 4.88 Å². The van der Waals surface area contributed by atoms with Gasteiger partial charge in [-0.25, -0.2) is 0 Å². The molecule has 2 aromatic rings. The summed E-state index contributed by atoms with van der Waals surface area (Å²) < 4.78 is 41.9. The molecule has 0 aliphatic rings. The van der Waals surface area contributed by atoms with Gasteiger partial charge in [0.05, 0.1) is 0 Å². The van der Waals surface area contributed by atoms with Gasteiger partial charge in [0.2, 0.25) is 0 Å². The maximum Gasteiger partial charge on any atom is 0.471 e. The van der Waals surface area contributed by atoms with Crippen LogP contribution in [0.2, 0.25) is 0 Å². The Bertz CT molecular complexity index is 546. The van der Waals surface area contributed by atoms with Gasteiger partial charge in [-0.1, -0.05) is 5.16 Å². The molecule has 0 spiro atoms. The number of nitrogens with two attached hydrogens (primary N) is 1. The molecule has 2 heterocycles. The molecule has 0 aromatic carbocycles. The molecule has 4 nitrogen and oxygen atoms in total. The summed E-state index contributed by atoms with van der Waals surface area (Å²) in [7, 11) is 0. The normalized spacial score (nSPS) is 13.9. The van der Waals surface area contributed by atoms with Crippen molar-refractivity contribution >= 4 is 27.3 Å². The van der Waals surface area contributed by atoms with Gasteiger partial charge in [0.15, 0.2) is 5.82 Å². The number of aryl methyl sites for hydroxylation is 1. The van der Waals surface area contributed by atoms with E-state index in [9.17, 15) is 13.2 Å². The van der Waals surface area contributed by atoms with Gasteiger partial charge in [-0.15, -0.1) is 11.3 Å². The maximum absolute atomic E-state index is 12.3. The number of halogens is 4. The van der Waals surface area contributed by atoms with Gasteiger partial charge in [0.25, 0.3) is 0 Å². The highest BCUT2D eigenvalue weighted by atomic mass is 79.9. The Balaban J connectivity index is 2.29. The monoisotopic (exact) mass is 341 g/mol. The molecule has 0 aliphatic heterocycles. The zero-order valence-corrected chi connectivity index (χ0v) is 11.4. The summed E-state index contributed by atoms with van der Waals surface area (Å²) >= 11 is 4.66. The first kappa shape index (κ1) is 13.5. The van der Waals surface area contributed by atoms with Crippen LogP contribution in [0.5, 0.6) is 0 Å². The van der Waals surface area contributed by atoms with Crippen LogP contribution in [0.1, 0.15) is 27.5 Å². The molecular formula is C9H7BrF3N3OS. The van der Waals surface area contributed by atoms with E-state index in [2.05, 4.69) is 30.6 Å². The van der Waals surface area contributed by atoms with Gasteiger partial charge in [0, 0.05) is 14.2 Å². The molecule has 0 fully saturated rings. The first-order valence-electron chi connectivity index (χ1n) is 4.71. The molecule has 0 saturated carbocycles. The van der Waals surface area contributed by atoms with Gasteiger partial charge >= 0.3 is 12.1 Å². The largest absolute Gasteiger partial charge is 0.471 e. The average molecular weight is 342 g/mol. The van der Waals surface area contributed by atoms with Crippen molar-refractivity contribution in [1.82, 2.24) is 10.1 Å². The van der Waals surface area contributed by atoms with E-state index in [1.54, 1.807) is 6.07 Å². The van der Waals surface area contributed by atoms with Gasteiger partial charge in [0.1, 0.15) is 6.04 Å². The Labute approximate surface area is 112 Å². The number of alkyl halides is 3. The number of nitrogens with zero attached hydrogens (tertiary/aromatic N) is 2. The van der Waals surface area contributed by atoms with Crippen LogP contribution in [0, 0.1) is 6.92 Å². The summed E-state index contributed by atoms with van der Waals surface area (Å²) in [5.74, 6) is -1.57. The van der Waals surface area contributed by atoms with E-state index in [0.717, 1.165) is 9.35 Å². The lowest BCUT2D eigenvalue weighted by molar-refractivity contribution is -0.159. The molecule has 98 valence electrons. The minimum atomic E-state index is -4.66. The van der Waals surface area contributed by atoms with Crippen LogP contribution >= 0.6 is 27.3 Å². The lowest BCUT2D eigenvalue weighted by Gasteiger charge is -2.02. The number of hydrogen-bond acceptors (Lipinski definition) is 5. The first-order valence-corrected chi connectivity index (χ1v) is 6.32. The zero-order valence-electron chi connectivity index (χ0n) is 8.95. The van der Waals surface area contributed by atoms with Crippen LogP contribution < -0.4 is 5.73 Å². The Morgan fingerprint density at radius 2 is 2.17 bits per heavy atom. The quantitative estimate of drug-likeness (QED) is 0.910. The summed E-state index contributed by atoms with van der Waals surface area (Å²) in [6.45, 7) is 1.86. The van der Waals surface area contributed by atoms with Gasteiger partial charge < -0.3 is 10.3 Å². The molecule has 2 aromatic heterocycles. The van der Waals surface area contributed by atoms with Crippen LogP contribution in [0.3, 0.4) is 0 Å². The SMILES string of the molecule is Cc1sc(C(N)c2noc(C(F)(F)F)n2)cc1Br. The van der Waals surface area contributed by atoms with Crippen molar-refractivity contribution in [3.63, 3.8) is 0 Å². The van der Waals surface area contributed by atoms with Crippen LogP contribution in [0.25, 0.3) is 0 Å². The van der Waals surface area contributed by atoms with Gasteiger partial charge in [-0.2, -0.15) is 18.2 Å². The minimum absolute atomic E-state index is 0.184. The molecule has 9 heteroatoms. The van der Waals surface area contributed by atoms with E-state index in [4.69, 9.17) is 5.73 Å². The fourth-order valence-corrected chi connectivity index (χ4v) is 2.80. The molecule has 0 aliphatic carbocycles. The van der Waals surface area contributed by atoms with E-state index in [-0.39, 0.29) is 5.82 Å². The van der Waals surface area contributed by atoms with E-state index < -0.39 is 18.1 Å². The number of rotatable bonds is 2. The third-order valence-electron chi connectivity index (χ3n) is 2.15. The molecule has 2 rings (SSSR count). The molecule has 0 amide bonds. The van der Waals surface area contributed by atoms with Crippen molar-refractivity contribution in [3.05, 3.63) is 32.0 Å². The second-order valence-corrected chi connectivity index (χ2v) is 5.63. The van der Waals surface area contributed by atoms with E-state index in [1.807, 2.05) is 6.92 Å². The topological polar surface area (TPSA) is 64.9 Å². The molecule has 0 bridgehead atoms. The Kier molecular flexibility index (Phi) is 3.47. The summed E-state index contributed by atoms with van der Waals surface area (Å²) in [5, 5.41) is 3.26. The van der Waals surface area contributed by atoms with Crippen molar-refractivity contribution in [2.24, 2.45) is 5.73 Å². The fourth-order valence-electron chi connectivity index (χ4n) is 1.24. The third-order valence-corrected chi connectivity index (χ3v) is 4.36. The Hall–Kier alpha value is -0.930. The second-order valence-electron chi connectivity index (χ2n) is 3.49. The van der Waals surface area contributed by atoms with Crippen molar-refractivity contribution in [3.8, 4) is 0 Å². The third kappa shape index (κ3) is 2.57. The lowest BCUT2D eigenvalue weighted by atomic mass is 10.2. The minimum Gasteiger partial charge on any atom is -0.329 e. The van der Waals surface area contributed by atoms with Crippen LogP contribution in [-0.4, -0.2) is 10.1 Å². The van der Waals surface area contributed by atoms with E-state index >= 15 is 0 Å². The number of thiophene rings is 1. The summed E-state index contributed by atoms with van der Waals surface area (Å²) in [6, 6.07) is 0.897. The van der Waals surface area contributed by atoms with Crippen molar-refractivity contribution < 1.29 is 17.7 Å². The van der Waals surface area contributed by atoms with Crippen molar-refractivity contribution in [1.29, 1.82) is 0 Å². The molecule has 1 atom stereocenters. The smallest absolute Gasteiger partial charge is 0.329 e. The fraction of sp³-hybridized carbons (Fsp3) is 0.333. The number of hydrogen-bond donors (Lipinski definition) is 1. The summed E-state index contributed by atoms with van der Waals surface area (Å²) in [4.78, 5) is 4.89. The van der Waals surface area contributed by atoms with Crippen molar-refractivity contribution in [2.45, 2.75) is 19.1 Å². The lowest BCUT2D eigenvalue weighted by Crippen LogP contribution is -2.13. The predicted octanol–water partition coefficient (Wildman–Crippen LogP) is 3.27.